The zero-order valence-electron chi connectivity index (χ0n) is 25.0. The fourth-order valence-electron chi connectivity index (χ4n) is 3.29. The molecule has 0 amide bonds. The molecule has 0 heterocycles. The normalized spacial score (nSPS) is 14.5. The number of phosphoric acid groups is 1. The van der Waals surface area contributed by atoms with Crippen LogP contribution in [0.25, 0.3) is 0 Å². The van der Waals surface area contributed by atoms with Crippen LogP contribution in [0.4, 0.5) is 0 Å². The third-order valence-corrected chi connectivity index (χ3v) is 6.44. The van der Waals surface area contributed by atoms with Gasteiger partial charge in [0.15, 0.2) is 6.10 Å². The number of nitrogens with two attached hydrogens (primary N) is 1. The van der Waals surface area contributed by atoms with Gasteiger partial charge in [0.25, 0.3) is 0 Å². The van der Waals surface area contributed by atoms with Crippen molar-refractivity contribution in [2.75, 3.05) is 26.4 Å². The van der Waals surface area contributed by atoms with Gasteiger partial charge < -0.3 is 20.1 Å². The maximum absolute atomic E-state index is 12.3. The first kappa shape index (κ1) is 38.7. The lowest BCUT2D eigenvalue weighted by atomic mass is 10.1. The second kappa shape index (κ2) is 27.9. The van der Waals surface area contributed by atoms with E-state index in [1.807, 2.05) is 12.2 Å². The number of carbonyl (C=O) groups is 2. The predicted molar refractivity (Wildman–Crippen MR) is 164 cm³/mol. The number of ether oxygens (including phenoxy) is 2. The SMILES string of the molecule is CC/C=C\C/C=C\C/C=C\C/C=C\C/C=C\CC(=O)OC(COC(=O)CCCCCCC)COP(=O)(O)OCCN. The van der Waals surface area contributed by atoms with Crippen LogP contribution in [-0.4, -0.2) is 49.3 Å². The molecule has 0 aliphatic heterocycles. The second-order valence-corrected chi connectivity index (χ2v) is 10.7. The van der Waals surface area contributed by atoms with Gasteiger partial charge in [-0.25, -0.2) is 4.57 Å². The summed E-state index contributed by atoms with van der Waals surface area (Å²) in [6, 6.07) is 0. The van der Waals surface area contributed by atoms with Crippen molar-refractivity contribution in [3.8, 4) is 0 Å². The number of esters is 2. The summed E-state index contributed by atoms with van der Waals surface area (Å²) in [5.74, 6) is -1.00. The number of carbonyl (C=O) groups excluding carboxylic acids is 2. The van der Waals surface area contributed by atoms with E-state index in [4.69, 9.17) is 24.3 Å². The van der Waals surface area contributed by atoms with Crippen molar-refractivity contribution >= 4 is 19.8 Å². The van der Waals surface area contributed by atoms with Crippen molar-refractivity contribution in [2.45, 2.75) is 97.0 Å². The van der Waals surface area contributed by atoms with E-state index in [1.54, 1.807) is 6.08 Å². The van der Waals surface area contributed by atoms with E-state index < -0.39 is 32.5 Å². The highest BCUT2D eigenvalue weighted by Gasteiger charge is 2.25. The summed E-state index contributed by atoms with van der Waals surface area (Å²) in [6.45, 7) is 3.34. The maximum atomic E-state index is 12.3. The van der Waals surface area contributed by atoms with Crippen LogP contribution in [0, 0.1) is 0 Å². The lowest BCUT2D eigenvalue weighted by molar-refractivity contribution is -0.160. The van der Waals surface area contributed by atoms with Crippen LogP contribution >= 0.6 is 7.82 Å². The quantitative estimate of drug-likeness (QED) is 0.0466. The summed E-state index contributed by atoms with van der Waals surface area (Å²) in [7, 11) is -4.38. The Kier molecular flexibility index (Phi) is 26.3. The first-order chi connectivity index (χ1) is 19.8. The van der Waals surface area contributed by atoms with Crippen molar-refractivity contribution in [3.05, 3.63) is 60.8 Å². The molecule has 0 aliphatic carbocycles. The number of unbranched alkanes of at least 4 members (excludes halogenated alkanes) is 4. The molecule has 2 unspecified atom stereocenters. The van der Waals surface area contributed by atoms with Gasteiger partial charge in [-0.1, -0.05) is 100 Å². The van der Waals surface area contributed by atoms with Crippen LogP contribution in [0.3, 0.4) is 0 Å². The molecule has 0 fully saturated rings. The molecule has 3 N–H and O–H groups in total. The Balaban J connectivity index is 4.50. The lowest BCUT2D eigenvalue weighted by Gasteiger charge is -2.19. The van der Waals surface area contributed by atoms with Crippen LogP contribution in [-0.2, 0) is 32.7 Å². The second-order valence-electron chi connectivity index (χ2n) is 9.26. The van der Waals surface area contributed by atoms with Gasteiger partial charge in [0, 0.05) is 13.0 Å². The molecule has 0 aliphatic rings. The number of allylic oxidation sites excluding steroid dienone is 9. The first-order valence-electron chi connectivity index (χ1n) is 14.8. The largest absolute Gasteiger partial charge is 0.472 e. The first-order valence-corrected chi connectivity index (χ1v) is 16.3. The molecule has 0 spiro atoms. The van der Waals surface area contributed by atoms with Crippen LogP contribution in [0.1, 0.15) is 90.9 Å². The minimum atomic E-state index is -4.38. The Morgan fingerprint density at radius 1 is 0.756 bits per heavy atom. The Hall–Kier alpha value is -2.29. The van der Waals surface area contributed by atoms with Gasteiger partial charge in [-0.3, -0.25) is 18.6 Å². The lowest BCUT2D eigenvalue weighted by Crippen LogP contribution is -2.29. The third-order valence-electron chi connectivity index (χ3n) is 5.45. The van der Waals surface area contributed by atoms with Crippen LogP contribution in [0.2, 0.25) is 0 Å². The average Bonchev–Trinajstić information content (AvgIpc) is 2.95. The highest BCUT2D eigenvalue weighted by atomic mass is 31.2. The van der Waals surface area contributed by atoms with Gasteiger partial charge in [0.1, 0.15) is 6.61 Å². The number of rotatable bonds is 26. The van der Waals surface area contributed by atoms with E-state index >= 15 is 0 Å². The summed E-state index contributed by atoms with van der Waals surface area (Å²) in [5.41, 5.74) is 5.28. The van der Waals surface area contributed by atoms with Gasteiger partial charge in [-0.05, 0) is 38.5 Å². The molecule has 41 heavy (non-hydrogen) atoms. The molecule has 0 aromatic carbocycles. The molecule has 0 radical (unpaired) electrons. The zero-order valence-corrected chi connectivity index (χ0v) is 25.9. The number of phosphoric ester groups is 1. The molecule has 0 saturated carbocycles. The molecule has 0 bridgehead atoms. The van der Waals surface area contributed by atoms with Gasteiger partial charge >= 0.3 is 19.8 Å². The number of hydrogen-bond acceptors (Lipinski definition) is 8. The molecule has 0 rings (SSSR count). The Morgan fingerprint density at radius 3 is 1.88 bits per heavy atom. The van der Waals surface area contributed by atoms with E-state index in [2.05, 4.69) is 56.4 Å². The molecule has 0 aromatic heterocycles. The smallest absolute Gasteiger partial charge is 0.462 e. The number of hydrogen-bond donors (Lipinski definition) is 2. The fraction of sp³-hybridized carbons (Fsp3) is 0.613. The fourth-order valence-corrected chi connectivity index (χ4v) is 4.06. The summed E-state index contributed by atoms with van der Waals surface area (Å²) < 4.78 is 32.1. The van der Waals surface area contributed by atoms with Crippen molar-refractivity contribution in [2.24, 2.45) is 5.73 Å². The van der Waals surface area contributed by atoms with Crippen molar-refractivity contribution < 1.29 is 37.6 Å². The minimum Gasteiger partial charge on any atom is -0.462 e. The van der Waals surface area contributed by atoms with Crippen molar-refractivity contribution in [3.63, 3.8) is 0 Å². The van der Waals surface area contributed by atoms with E-state index in [0.717, 1.165) is 51.4 Å². The molecular weight excluding hydrogens is 545 g/mol. The van der Waals surface area contributed by atoms with E-state index in [0.29, 0.717) is 12.8 Å². The van der Waals surface area contributed by atoms with Gasteiger partial charge in [0.05, 0.1) is 19.6 Å². The molecule has 9 nitrogen and oxygen atoms in total. The van der Waals surface area contributed by atoms with Crippen LogP contribution in [0.15, 0.2) is 60.8 Å². The highest BCUT2D eigenvalue weighted by molar-refractivity contribution is 7.47. The van der Waals surface area contributed by atoms with Gasteiger partial charge in [-0.15, -0.1) is 0 Å². The van der Waals surface area contributed by atoms with Crippen LogP contribution in [0.5, 0.6) is 0 Å². The van der Waals surface area contributed by atoms with Crippen molar-refractivity contribution in [1.29, 1.82) is 0 Å². The Labute approximate surface area is 247 Å². The van der Waals surface area contributed by atoms with Gasteiger partial charge in [0.2, 0.25) is 0 Å². The average molecular weight is 598 g/mol. The molecule has 0 aromatic rings. The van der Waals surface area contributed by atoms with Crippen molar-refractivity contribution in [1.82, 2.24) is 0 Å². The summed E-state index contributed by atoms with van der Waals surface area (Å²) in [5, 5.41) is 0. The van der Waals surface area contributed by atoms with Gasteiger partial charge in [-0.2, -0.15) is 0 Å². The highest BCUT2D eigenvalue weighted by Crippen LogP contribution is 2.43. The molecule has 0 saturated heterocycles. The summed E-state index contributed by atoms with van der Waals surface area (Å²) >= 11 is 0. The Morgan fingerprint density at radius 2 is 1.32 bits per heavy atom. The Bertz CT molecular complexity index is 866. The monoisotopic (exact) mass is 597 g/mol. The van der Waals surface area contributed by atoms with E-state index in [1.165, 1.54) is 0 Å². The van der Waals surface area contributed by atoms with Crippen LogP contribution < -0.4 is 5.73 Å². The molecular formula is C31H52NO8P. The van der Waals surface area contributed by atoms with E-state index in [9.17, 15) is 19.0 Å². The molecule has 234 valence electrons. The third kappa shape index (κ3) is 27.6. The maximum Gasteiger partial charge on any atom is 0.472 e. The summed E-state index contributed by atoms with van der Waals surface area (Å²) in [6.07, 6.45) is 29.0. The molecule has 10 heteroatoms. The standard InChI is InChI=1S/C31H52NO8P/c1-3-5-7-9-10-11-12-13-14-15-16-17-18-20-22-24-31(34)40-29(28-39-41(35,36)38-26-25-32)27-37-30(33)23-21-19-8-6-4-2/h5,7,10-11,13-14,16-17,20,22,29H,3-4,6,8-9,12,15,18-19,21,23-28,32H2,1-2H3,(H,35,36)/b7-5-,11-10-,14-13-,17-16-,22-20-. The predicted octanol–water partition coefficient (Wildman–Crippen LogP) is 7.04. The zero-order chi connectivity index (χ0) is 30.4. The topological polar surface area (TPSA) is 134 Å². The molecule has 2 atom stereocenters. The minimum absolute atomic E-state index is 0.00411. The summed E-state index contributed by atoms with van der Waals surface area (Å²) in [4.78, 5) is 34.1. The van der Waals surface area contributed by atoms with E-state index in [-0.39, 0.29) is 32.6 Å².